The third-order valence-corrected chi connectivity index (χ3v) is 4.36. The Morgan fingerprint density at radius 3 is 2.25 bits per heavy atom. The van der Waals surface area contributed by atoms with Gasteiger partial charge in [-0.3, -0.25) is 0 Å². The Balaban J connectivity index is 2.06. The van der Waals surface area contributed by atoms with Crippen LogP contribution in [0.2, 0.25) is 0 Å². The molecule has 0 aromatic heterocycles. The smallest absolute Gasteiger partial charge is 0.0994 e. The van der Waals surface area contributed by atoms with Gasteiger partial charge in [0.05, 0.1) is 11.6 Å². The van der Waals surface area contributed by atoms with Crippen molar-refractivity contribution < 1.29 is 0 Å². The van der Waals surface area contributed by atoms with Crippen LogP contribution >= 0.6 is 0 Å². The van der Waals surface area contributed by atoms with Gasteiger partial charge in [0.25, 0.3) is 0 Å². The predicted molar refractivity (Wildman–Crippen MR) is 84.2 cm³/mol. The van der Waals surface area contributed by atoms with E-state index in [4.69, 9.17) is 0 Å². The Morgan fingerprint density at radius 1 is 1.15 bits per heavy atom. The average Bonchev–Trinajstić information content (AvgIpc) is 2.46. The zero-order chi connectivity index (χ0) is 14.5. The molecule has 1 aromatic carbocycles. The summed E-state index contributed by atoms with van der Waals surface area (Å²) in [5.74, 6) is 0.558. The van der Waals surface area contributed by atoms with Crippen LogP contribution in [0.4, 0.5) is 0 Å². The van der Waals surface area contributed by atoms with Gasteiger partial charge in [-0.2, -0.15) is 5.26 Å². The van der Waals surface area contributed by atoms with Crippen LogP contribution in [0, 0.1) is 24.2 Å². The van der Waals surface area contributed by atoms with Crippen molar-refractivity contribution in [3.05, 3.63) is 41.5 Å². The summed E-state index contributed by atoms with van der Waals surface area (Å²) >= 11 is 0. The highest BCUT2D eigenvalue weighted by Gasteiger charge is 2.21. The number of benzene rings is 1. The fourth-order valence-corrected chi connectivity index (χ4v) is 2.95. The first-order valence-corrected chi connectivity index (χ1v) is 7.45. The van der Waals surface area contributed by atoms with Crippen molar-refractivity contribution in [1.29, 1.82) is 5.26 Å². The minimum Gasteiger partial charge on any atom is -0.306 e. The van der Waals surface area contributed by atoms with Gasteiger partial charge in [0.15, 0.2) is 0 Å². The molecular formula is C18H24N2. The molecule has 2 rings (SSSR count). The minimum atomic E-state index is 0.558. The number of hydrogen-bond donors (Lipinski definition) is 0. The van der Waals surface area contributed by atoms with Crippen molar-refractivity contribution in [3.63, 3.8) is 0 Å². The van der Waals surface area contributed by atoms with Gasteiger partial charge >= 0.3 is 0 Å². The SMILES string of the molecule is Cc1ccc(/C(C#N)=C/C2CCC(N(C)C)CC2)cc1. The summed E-state index contributed by atoms with van der Waals surface area (Å²) in [5.41, 5.74) is 3.11. The van der Waals surface area contributed by atoms with Crippen LogP contribution < -0.4 is 0 Å². The van der Waals surface area contributed by atoms with Crippen LogP contribution in [0.3, 0.4) is 0 Å². The maximum atomic E-state index is 9.39. The van der Waals surface area contributed by atoms with E-state index in [9.17, 15) is 5.26 Å². The van der Waals surface area contributed by atoms with Gasteiger partial charge in [-0.25, -0.2) is 0 Å². The normalized spacial score (nSPS) is 23.6. The third-order valence-electron chi connectivity index (χ3n) is 4.36. The van der Waals surface area contributed by atoms with Crippen LogP contribution in [0.5, 0.6) is 0 Å². The Kier molecular flexibility index (Phi) is 4.98. The van der Waals surface area contributed by atoms with Gasteiger partial charge in [0.2, 0.25) is 0 Å². The highest BCUT2D eigenvalue weighted by Crippen LogP contribution is 2.29. The van der Waals surface area contributed by atoms with Gasteiger partial charge in [-0.05, 0) is 58.2 Å². The molecule has 0 N–H and O–H groups in total. The molecule has 2 nitrogen and oxygen atoms in total. The van der Waals surface area contributed by atoms with E-state index in [2.05, 4.69) is 62.3 Å². The lowest BCUT2D eigenvalue weighted by Gasteiger charge is -2.31. The van der Waals surface area contributed by atoms with Crippen molar-refractivity contribution in [2.75, 3.05) is 14.1 Å². The van der Waals surface area contributed by atoms with Crippen LogP contribution in [0.15, 0.2) is 30.3 Å². The standard InChI is InChI=1S/C18H24N2/c1-14-4-8-16(9-5-14)17(13-19)12-15-6-10-18(11-7-15)20(2)3/h4-5,8-9,12,15,18H,6-7,10-11H2,1-3H3/b17-12+. The van der Waals surface area contributed by atoms with Gasteiger partial charge < -0.3 is 4.90 Å². The molecule has 1 aliphatic carbocycles. The Hall–Kier alpha value is -1.59. The molecule has 2 heteroatoms. The van der Waals surface area contributed by atoms with Crippen LogP contribution in [-0.2, 0) is 0 Å². The van der Waals surface area contributed by atoms with Crippen LogP contribution in [0.25, 0.3) is 5.57 Å². The molecule has 0 spiro atoms. The number of aryl methyl sites for hydroxylation is 1. The van der Waals surface area contributed by atoms with Gasteiger partial charge in [-0.15, -0.1) is 0 Å². The van der Waals surface area contributed by atoms with Crippen molar-refractivity contribution >= 4 is 5.57 Å². The topological polar surface area (TPSA) is 27.0 Å². The largest absolute Gasteiger partial charge is 0.306 e. The number of nitrogens with zero attached hydrogens (tertiary/aromatic N) is 2. The Morgan fingerprint density at radius 2 is 1.75 bits per heavy atom. The van der Waals surface area contributed by atoms with Gasteiger partial charge in [0.1, 0.15) is 0 Å². The summed E-state index contributed by atoms with van der Waals surface area (Å²) in [6.45, 7) is 2.07. The first-order valence-electron chi connectivity index (χ1n) is 7.45. The minimum absolute atomic E-state index is 0.558. The highest BCUT2D eigenvalue weighted by atomic mass is 15.1. The van der Waals surface area contributed by atoms with Crippen LogP contribution in [-0.4, -0.2) is 25.0 Å². The molecule has 1 fully saturated rings. The maximum Gasteiger partial charge on any atom is 0.0994 e. The zero-order valence-corrected chi connectivity index (χ0v) is 12.8. The molecule has 1 aliphatic rings. The van der Waals surface area contributed by atoms with Crippen molar-refractivity contribution in [2.45, 2.75) is 38.6 Å². The molecule has 106 valence electrons. The molecule has 0 unspecified atom stereocenters. The summed E-state index contributed by atoms with van der Waals surface area (Å²) in [6, 6.07) is 11.3. The quantitative estimate of drug-likeness (QED) is 0.774. The van der Waals surface area contributed by atoms with E-state index in [-0.39, 0.29) is 0 Å². The average molecular weight is 268 g/mol. The fraction of sp³-hybridized carbons (Fsp3) is 0.500. The Labute approximate surface area is 122 Å². The molecule has 0 heterocycles. The van der Waals surface area contributed by atoms with Gasteiger partial charge in [-0.1, -0.05) is 35.9 Å². The first kappa shape index (κ1) is 14.8. The van der Waals surface area contributed by atoms with Crippen molar-refractivity contribution in [2.24, 2.45) is 5.92 Å². The number of rotatable bonds is 3. The predicted octanol–water partition coefficient (Wildman–Crippen LogP) is 4.02. The molecule has 0 aliphatic heterocycles. The molecular weight excluding hydrogens is 244 g/mol. The van der Waals surface area contributed by atoms with E-state index in [1.165, 1.54) is 31.2 Å². The van der Waals surface area contributed by atoms with E-state index in [1.54, 1.807) is 0 Å². The second-order valence-corrected chi connectivity index (χ2v) is 6.09. The molecule has 0 atom stereocenters. The first-order chi connectivity index (χ1) is 9.60. The van der Waals surface area contributed by atoms with Crippen molar-refractivity contribution in [3.8, 4) is 6.07 Å². The number of nitriles is 1. The van der Waals surface area contributed by atoms with Crippen LogP contribution in [0.1, 0.15) is 36.8 Å². The molecule has 1 aromatic rings. The second kappa shape index (κ2) is 6.72. The summed E-state index contributed by atoms with van der Waals surface area (Å²) in [5, 5.41) is 9.39. The third kappa shape index (κ3) is 3.71. The molecule has 1 saturated carbocycles. The highest BCUT2D eigenvalue weighted by molar-refractivity contribution is 5.76. The van der Waals surface area contributed by atoms with E-state index in [0.717, 1.165) is 11.1 Å². The Bertz CT molecular complexity index is 497. The zero-order valence-electron chi connectivity index (χ0n) is 12.8. The number of hydrogen-bond acceptors (Lipinski definition) is 2. The van der Waals surface area contributed by atoms with Crippen molar-refractivity contribution in [1.82, 2.24) is 4.90 Å². The summed E-state index contributed by atoms with van der Waals surface area (Å²) < 4.78 is 0. The molecule has 0 bridgehead atoms. The van der Waals surface area contributed by atoms with E-state index in [1.807, 2.05) is 0 Å². The fourth-order valence-electron chi connectivity index (χ4n) is 2.95. The lowest BCUT2D eigenvalue weighted by Crippen LogP contribution is -2.31. The monoisotopic (exact) mass is 268 g/mol. The van der Waals surface area contributed by atoms with E-state index < -0.39 is 0 Å². The molecule has 20 heavy (non-hydrogen) atoms. The summed E-state index contributed by atoms with van der Waals surface area (Å²) in [4.78, 5) is 2.32. The molecule has 0 radical (unpaired) electrons. The summed E-state index contributed by atoms with van der Waals surface area (Å²) in [6.07, 6.45) is 7.05. The van der Waals surface area contributed by atoms with E-state index in [0.29, 0.717) is 12.0 Å². The summed E-state index contributed by atoms with van der Waals surface area (Å²) in [7, 11) is 4.32. The lowest BCUT2D eigenvalue weighted by molar-refractivity contribution is 0.209. The number of allylic oxidation sites excluding steroid dienone is 2. The second-order valence-electron chi connectivity index (χ2n) is 6.09. The maximum absolute atomic E-state index is 9.39. The lowest BCUT2D eigenvalue weighted by atomic mass is 9.84. The van der Waals surface area contributed by atoms with E-state index >= 15 is 0 Å². The molecule has 0 amide bonds. The van der Waals surface area contributed by atoms with Gasteiger partial charge in [0, 0.05) is 6.04 Å². The molecule has 0 saturated heterocycles.